The number of hydrogen-bond donors (Lipinski definition) is 1. The van der Waals surface area contributed by atoms with E-state index >= 15 is 0 Å². The Kier molecular flexibility index (Phi) is 4.61. The molecular formula is C21H16F3NO3S. The molecule has 0 bridgehead atoms. The van der Waals surface area contributed by atoms with Gasteiger partial charge >= 0.3 is 12.1 Å². The van der Waals surface area contributed by atoms with E-state index in [1.54, 1.807) is 17.5 Å². The van der Waals surface area contributed by atoms with Crippen molar-refractivity contribution in [2.24, 2.45) is 0 Å². The number of alkyl halides is 3. The largest absolute Gasteiger partial charge is 0.479 e. The number of halogens is 3. The standard InChI is InChI=1S/C21H16F3NO3S/c22-21(23,24)14-5-3-4-13(10-14)11-20(19(27)28)8-9-25(20)18(26)16-12-29-17-7-2-1-6-15(16)17/h1-7,10,12H,8-9,11H2,(H,27,28). The number of nitrogens with zero attached hydrogens (tertiary/aromatic N) is 1. The molecule has 1 aliphatic heterocycles. The number of rotatable bonds is 4. The van der Waals surface area contributed by atoms with Crippen LogP contribution in [0.15, 0.2) is 53.9 Å². The zero-order valence-corrected chi connectivity index (χ0v) is 15.9. The molecule has 0 aliphatic carbocycles. The molecule has 0 radical (unpaired) electrons. The number of carbonyl (C=O) groups is 2. The van der Waals surface area contributed by atoms with Crippen molar-refractivity contribution in [2.75, 3.05) is 6.54 Å². The van der Waals surface area contributed by atoms with Gasteiger partial charge in [0.2, 0.25) is 0 Å². The van der Waals surface area contributed by atoms with E-state index in [9.17, 15) is 27.9 Å². The number of fused-ring (bicyclic) bond motifs is 1. The molecule has 29 heavy (non-hydrogen) atoms. The lowest BCUT2D eigenvalue weighted by atomic mass is 9.78. The van der Waals surface area contributed by atoms with Crippen molar-refractivity contribution >= 4 is 33.3 Å². The van der Waals surface area contributed by atoms with Crippen molar-refractivity contribution in [3.8, 4) is 0 Å². The highest BCUT2D eigenvalue weighted by molar-refractivity contribution is 7.17. The molecule has 1 aromatic heterocycles. The van der Waals surface area contributed by atoms with Gasteiger partial charge < -0.3 is 10.0 Å². The molecule has 1 saturated heterocycles. The molecule has 8 heteroatoms. The van der Waals surface area contributed by atoms with Crippen LogP contribution in [0.25, 0.3) is 10.1 Å². The molecule has 1 aliphatic rings. The Hall–Kier alpha value is -2.87. The monoisotopic (exact) mass is 419 g/mol. The van der Waals surface area contributed by atoms with Gasteiger partial charge in [-0.1, -0.05) is 36.4 Å². The van der Waals surface area contributed by atoms with E-state index in [2.05, 4.69) is 0 Å². The van der Waals surface area contributed by atoms with Gasteiger partial charge in [0.1, 0.15) is 5.54 Å². The number of carboxylic acid groups (broad SMARTS) is 1. The van der Waals surface area contributed by atoms with Crippen molar-refractivity contribution in [1.82, 2.24) is 4.90 Å². The predicted molar refractivity (Wildman–Crippen MR) is 103 cm³/mol. The summed E-state index contributed by atoms with van der Waals surface area (Å²) in [5.74, 6) is -1.63. The fraction of sp³-hybridized carbons (Fsp3) is 0.238. The second-order valence-electron chi connectivity index (χ2n) is 7.06. The van der Waals surface area contributed by atoms with E-state index in [4.69, 9.17) is 0 Å². The molecule has 3 aromatic rings. The maximum absolute atomic E-state index is 13.1. The molecular weight excluding hydrogens is 403 g/mol. The van der Waals surface area contributed by atoms with E-state index in [0.29, 0.717) is 5.56 Å². The molecule has 1 amide bonds. The van der Waals surface area contributed by atoms with Crippen LogP contribution in [0.5, 0.6) is 0 Å². The Labute approximate surface area is 168 Å². The molecule has 1 atom stereocenters. The fourth-order valence-corrected chi connectivity index (χ4v) is 4.69. The van der Waals surface area contributed by atoms with E-state index in [1.807, 2.05) is 12.1 Å². The number of aliphatic carboxylic acids is 1. The van der Waals surface area contributed by atoms with Gasteiger partial charge in [-0.2, -0.15) is 13.2 Å². The predicted octanol–water partition coefficient (Wildman–Crippen LogP) is 4.83. The summed E-state index contributed by atoms with van der Waals surface area (Å²) in [5.41, 5.74) is -1.74. The number of hydrogen-bond acceptors (Lipinski definition) is 3. The summed E-state index contributed by atoms with van der Waals surface area (Å²) in [4.78, 5) is 26.5. The van der Waals surface area contributed by atoms with Gasteiger partial charge in [-0.05, 0) is 24.1 Å². The third-order valence-corrected chi connectivity index (χ3v) is 6.33. The third kappa shape index (κ3) is 3.27. The van der Waals surface area contributed by atoms with E-state index < -0.39 is 29.2 Å². The lowest BCUT2D eigenvalue weighted by molar-refractivity contribution is -0.157. The first-order valence-corrected chi connectivity index (χ1v) is 9.78. The summed E-state index contributed by atoms with van der Waals surface area (Å²) in [7, 11) is 0. The highest BCUT2D eigenvalue weighted by atomic mass is 32.1. The van der Waals surface area contributed by atoms with Crippen LogP contribution in [-0.4, -0.2) is 34.0 Å². The molecule has 2 aromatic carbocycles. The lowest BCUT2D eigenvalue weighted by Crippen LogP contribution is -2.67. The van der Waals surface area contributed by atoms with Crippen molar-refractivity contribution in [3.05, 3.63) is 70.6 Å². The second-order valence-corrected chi connectivity index (χ2v) is 7.98. The minimum Gasteiger partial charge on any atom is -0.479 e. The van der Waals surface area contributed by atoms with Crippen LogP contribution < -0.4 is 0 Å². The molecule has 0 spiro atoms. The summed E-state index contributed by atoms with van der Waals surface area (Å²) in [6.07, 6.45) is -4.51. The van der Waals surface area contributed by atoms with Crippen LogP contribution in [0.1, 0.15) is 27.9 Å². The van der Waals surface area contributed by atoms with Crippen LogP contribution in [0.3, 0.4) is 0 Å². The average molecular weight is 419 g/mol. The molecule has 1 unspecified atom stereocenters. The quantitative estimate of drug-likeness (QED) is 0.659. The SMILES string of the molecule is O=C(c1csc2ccccc12)N1CCC1(Cc1cccc(C(F)(F)F)c1)C(=O)O. The first-order chi connectivity index (χ1) is 13.7. The zero-order chi connectivity index (χ0) is 20.8. The molecule has 0 saturated carbocycles. The number of thiophene rings is 1. The maximum atomic E-state index is 13.1. The number of benzene rings is 2. The van der Waals surface area contributed by atoms with Gasteiger partial charge in [-0.25, -0.2) is 4.79 Å². The van der Waals surface area contributed by atoms with Crippen molar-refractivity contribution < 1.29 is 27.9 Å². The Morgan fingerprint density at radius 2 is 1.90 bits per heavy atom. The minimum atomic E-state index is -4.52. The highest BCUT2D eigenvalue weighted by Crippen LogP contribution is 2.39. The number of likely N-dealkylation sites (tertiary alicyclic amines) is 1. The highest BCUT2D eigenvalue weighted by Gasteiger charge is 2.54. The Morgan fingerprint density at radius 3 is 2.55 bits per heavy atom. The fourth-order valence-electron chi connectivity index (χ4n) is 3.76. The summed E-state index contributed by atoms with van der Waals surface area (Å²) in [6.45, 7) is 0.244. The summed E-state index contributed by atoms with van der Waals surface area (Å²) in [5, 5.41) is 12.3. The van der Waals surface area contributed by atoms with Crippen molar-refractivity contribution in [2.45, 2.75) is 24.6 Å². The first-order valence-electron chi connectivity index (χ1n) is 8.90. The van der Waals surface area contributed by atoms with Gasteiger partial charge in [0.05, 0.1) is 11.1 Å². The van der Waals surface area contributed by atoms with Crippen LogP contribution in [0, 0.1) is 0 Å². The van der Waals surface area contributed by atoms with Crippen LogP contribution >= 0.6 is 11.3 Å². The Balaban J connectivity index is 1.67. The lowest BCUT2D eigenvalue weighted by Gasteiger charge is -2.49. The summed E-state index contributed by atoms with van der Waals surface area (Å²) < 4.78 is 40.0. The maximum Gasteiger partial charge on any atom is 0.416 e. The van der Waals surface area contributed by atoms with Crippen LogP contribution in [0.2, 0.25) is 0 Å². The van der Waals surface area contributed by atoms with E-state index in [1.165, 1.54) is 28.4 Å². The molecule has 1 fully saturated rings. The summed E-state index contributed by atoms with van der Waals surface area (Å²) in [6, 6.07) is 11.9. The zero-order valence-electron chi connectivity index (χ0n) is 15.1. The second kappa shape index (κ2) is 6.88. The normalized spacial score (nSPS) is 19.2. The van der Waals surface area contributed by atoms with Gasteiger partial charge in [0.15, 0.2) is 0 Å². The molecule has 150 valence electrons. The number of amides is 1. The van der Waals surface area contributed by atoms with Crippen LogP contribution in [-0.2, 0) is 17.4 Å². The Bertz CT molecular complexity index is 1110. The summed E-state index contributed by atoms with van der Waals surface area (Å²) >= 11 is 1.39. The minimum absolute atomic E-state index is 0.180. The number of carboxylic acids is 1. The Morgan fingerprint density at radius 1 is 1.14 bits per heavy atom. The topological polar surface area (TPSA) is 57.6 Å². The van der Waals surface area contributed by atoms with Gasteiger partial charge in [0.25, 0.3) is 5.91 Å². The smallest absolute Gasteiger partial charge is 0.416 e. The molecule has 1 N–H and O–H groups in total. The van der Waals surface area contributed by atoms with Crippen LogP contribution in [0.4, 0.5) is 13.2 Å². The van der Waals surface area contributed by atoms with Gasteiger partial charge in [-0.3, -0.25) is 4.79 Å². The van der Waals surface area contributed by atoms with E-state index in [0.717, 1.165) is 22.2 Å². The van der Waals surface area contributed by atoms with Crippen molar-refractivity contribution in [1.29, 1.82) is 0 Å². The van der Waals surface area contributed by atoms with Gasteiger partial charge in [-0.15, -0.1) is 11.3 Å². The number of carbonyl (C=O) groups excluding carboxylic acids is 1. The average Bonchev–Trinajstić information content (AvgIpc) is 3.08. The van der Waals surface area contributed by atoms with Crippen molar-refractivity contribution in [3.63, 3.8) is 0 Å². The molecule has 2 heterocycles. The third-order valence-electron chi connectivity index (χ3n) is 5.37. The van der Waals surface area contributed by atoms with E-state index in [-0.39, 0.29) is 24.9 Å². The molecule has 4 rings (SSSR count). The first kappa shape index (κ1) is 19.4. The van der Waals surface area contributed by atoms with Gasteiger partial charge in [0, 0.05) is 28.4 Å². The molecule has 4 nitrogen and oxygen atoms in total.